The summed E-state index contributed by atoms with van der Waals surface area (Å²) >= 11 is 5.70. The van der Waals surface area contributed by atoms with Gasteiger partial charge in [0.1, 0.15) is 5.60 Å². The number of piperidine rings is 1. The van der Waals surface area contributed by atoms with Crippen molar-refractivity contribution < 1.29 is 9.53 Å². The predicted molar refractivity (Wildman–Crippen MR) is 106 cm³/mol. The molecule has 4 nitrogen and oxygen atoms in total. The Balaban J connectivity index is 1.63. The van der Waals surface area contributed by atoms with Crippen LogP contribution in [-0.2, 0) is 4.74 Å². The fourth-order valence-electron chi connectivity index (χ4n) is 4.26. The number of thioether (sulfide) groups is 1. The van der Waals surface area contributed by atoms with Gasteiger partial charge in [-0.3, -0.25) is 0 Å². The van der Waals surface area contributed by atoms with Crippen LogP contribution in [-0.4, -0.2) is 48.0 Å². The van der Waals surface area contributed by atoms with E-state index in [-0.39, 0.29) is 6.09 Å². The van der Waals surface area contributed by atoms with Gasteiger partial charge in [-0.1, -0.05) is 6.07 Å². The first-order valence-electron chi connectivity index (χ1n) is 9.05. The topological polar surface area (TPSA) is 32.8 Å². The number of benzene rings is 1. The van der Waals surface area contributed by atoms with Crippen LogP contribution in [0.1, 0.15) is 45.1 Å². The molecule has 3 aliphatic heterocycles. The largest absolute Gasteiger partial charge is 0.444 e. The molecule has 1 saturated heterocycles. The van der Waals surface area contributed by atoms with E-state index in [2.05, 4.69) is 33.0 Å². The quantitative estimate of drug-likeness (QED) is 0.595. The molecule has 25 heavy (non-hydrogen) atoms. The minimum Gasteiger partial charge on any atom is -0.444 e. The summed E-state index contributed by atoms with van der Waals surface area (Å²) in [7, 11) is 0. The lowest BCUT2D eigenvalue weighted by atomic mass is 9.89. The normalized spacial score (nSPS) is 25.3. The Morgan fingerprint density at radius 3 is 2.88 bits per heavy atom. The molecule has 0 bridgehead atoms. The maximum absolute atomic E-state index is 12.5. The maximum Gasteiger partial charge on any atom is 0.410 e. The average Bonchev–Trinajstić information content (AvgIpc) is 2.69. The van der Waals surface area contributed by atoms with E-state index < -0.39 is 5.60 Å². The molecule has 3 heterocycles. The molecule has 136 valence electrons. The number of hydrogen-bond acceptors (Lipinski definition) is 4. The second-order valence-corrected chi connectivity index (χ2v) is 10.1. The van der Waals surface area contributed by atoms with Gasteiger partial charge in [0, 0.05) is 41.0 Å². The van der Waals surface area contributed by atoms with E-state index in [0.29, 0.717) is 12.0 Å². The van der Waals surface area contributed by atoms with Gasteiger partial charge in [-0.05, 0) is 66.9 Å². The van der Waals surface area contributed by atoms with Crippen LogP contribution in [0.15, 0.2) is 21.5 Å². The minimum absolute atomic E-state index is 0.176. The van der Waals surface area contributed by atoms with Crippen molar-refractivity contribution in [2.75, 3.05) is 30.3 Å². The summed E-state index contributed by atoms with van der Waals surface area (Å²) in [6, 6.07) is 4.95. The van der Waals surface area contributed by atoms with Gasteiger partial charge < -0.3 is 14.5 Å². The van der Waals surface area contributed by atoms with Crippen molar-refractivity contribution in [2.45, 2.75) is 56.1 Å². The van der Waals surface area contributed by atoms with Crippen LogP contribution in [0.2, 0.25) is 0 Å². The number of anilines is 1. The summed E-state index contributed by atoms with van der Waals surface area (Å²) in [5.74, 6) is 1.56. The molecule has 1 aromatic carbocycles. The van der Waals surface area contributed by atoms with Crippen molar-refractivity contribution in [3.63, 3.8) is 0 Å². The Morgan fingerprint density at radius 2 is 2.12 bits per heavy atom. The summed E-state index contributed by atoms with van der Waals surface area (Å²) in [4.78, 5) is 18.4. The highest BCUT2D eigenvalue weighted by molar-refractivity contribution is 9.10. The van der Waals surface area contributed by atoms with Crippen LogP contribution in [0.5, 0.6) is 0 Å². The Kier molecular flexibility index (Phi) is 4.47. The van der Waals surface area contributed by atoms with Crippen LogP contribution in [0.25, 0.3) is 0 Å². The van der Waals surface area contributed by atoms with Crippen LogP contribution >= 0.6 is 27.7 Å². The zero-order valence-electron chi connectivity index (χ0n) is 15.0. The highest BCUT2D eigenvalue weighted by Gasteiger charge is 2.45. The average molecular weight is 425 g/mol. The molecular weight excluding hydrogens is 400 g/mol. The standard InChI is InChI=1S/C19H25BrN2O2S/c1-19(2,3)24-18(23)21-9-7-15-13(11-21)12-5-6-14(20)17-16(12)22(15)8-4-10-25-17/h5-6,13,15H,4,7-11H2,1-3H3/t13-,15-/m0/s1. The van der Waals surface area contributed by atoms with Gasteiger partial charge in [-0.15, -0.1) is 11.8 Å². The number of carbonyl (C=O) groups is 1. The monoisotopic (exact) mass is 424 g/mol. The third kappa shape index (κ3) is 3.16. The van der Waals surface area contributed by atoms with Gasteiger partial charge in [-0.25, -0.2) is 4.79 Å². The van der Waals surface area contributed by atoms with Crippen LogP contribution in [0.4, 0.5) is 10.5 Å². The first kappa shape index (κ1) is 17.5. The molecule has 0 aliphatic carbocycles. The molecule has 3 aliphatic rings. The van der Waals surface area contributed by atoms with E-state index >= 15 is 0 Å². The Labute approximate surface area is 162 Å². The molecule has 6 heteroatoms. The number of halogens is 1. The SMILES string of the molecule is CC(C)(C)OC(=O)N1CC[C@H]2[C@@H](C1)c1ccc(Br)c3c1N2CCCS3. The van der Waals surface area contributed by atoms with Crippen LogP contribution in [0.3, 0.4) is 0 Å². The molecule has 1 aromatic rings. The van der Waals surface area contributed by atoms with Crippen molar-refractivity contribution in [1.82, 2.24) is 4.90 Å². The molecule has 0 N–H and O–H groups in total. The Morgan fingerprint density at radius 1 is 1.32 bits per heavy atom. The number of amides is 1. The Hall–Kier alpha value is -0.880. The highest BCUT2D eigenvalue weighted by Crippen LogP contribution is 2.52. The predicted octanol–water partition coefficient (Wildman–Crippen LogP) is 4.86. The fourth-order valence-corrected chi connectivity index (χ4v) is 5.98. The summed E-state index contributed by atoms with van der Waals surface area (Å²) in [6.07, 6.45) is 2.05. The third-order valence-corrected chi connectivity index (χ3v) is 7.34. The lowest BCUT2D eigenvalue weighted by Gasteiger charge is -2.39. The molecule has 2 atom stereocenters. The molecule has 0 radical (unpaired) electrons. The summed E-state index contributed by atoms with van der Waals surface area (Å²) in [5.41, 5.74) is 2.38. The zero-order chi connectivity index (χ0) is 17.8. The van der Waals surface area contributed by atoms with Crippen molar-refractivity contribution in [1.29, 1.82) is 0 Å². The first-order valence-corrected chi connectivity index (χ1v) is 10.8. The number of rotatable bonds is 0. The number of hydrogen-bond donors (Lipinski definition) is 0. The van der Waals surface area contributed by atoms with E-state index in [4.69, 9.17) is 4.74 Å². The molecule has 0 aromatic heterocycles. The number of nitrogens with zero attached hydrogens (tertiary/aromatic N) is 2. The smallest absolute Gasteiger partial charge is 0.410 e. The van der Waals surface area contributed by atoms with Gasteiger partial charge in [0.15, 0.2) is 0 Å². The minimum atomic E-state index is -0.441. The zero-order valence-corrected chi connectivity index (χ0v) is 17.5. The van der Waals surface area contributed by atoms with Crippen molar-refractivity contribution in [3.05, 3.63) is 22.2 Å². The van der Waals surface area contributed by atoms with E-state index in [1.165, 1.54) is 32.8 Å². The van der Waals surface area contributed by atoms with Crippen molar-refractivity contribution in [2.24, 2.45) is 0 Å². The van der Waals surface area contributed by atoms with Crippen molar-refractivity contribution >= 4 is 39.5 Å². The third-order valence-electron chi connectivity index (χ3n) is 5.22. The van der Waals surface area contributed by atoms with Gasteiger partial charge in [0.25, 0.3) is 0 Å². The van der Waals surface area contributed by atoms with Crippen LogP contribution < -0.4 is 4.90 Å². The lowest BCUT2D eigenvalue weighted by molar-refractivity contribution is 0.0189. The van der Waals surface area contributed by atoms with Gasteiger partial charge in [-0.2, -0.15) is 0 Å². The van der Waals surface area contributed by atoms with Gasteiger partial charge >= 0.3 is 6.09 Å². The molecule has 4 rings (SSSR count). The molecular formula is C19H25BrN2O2S. The fraction of sp³-hybridized carbons (Fsp3) is 0.632. The number of fused-ring (bicyclic) bond motifs is 3. The summed E-state index contributed by atoms with van der Waals surface area (Å²) < 4.78 is 6.80. The van der Waals surface area contributed by atoms with E-state index in [1.54, 1.807) is 0 Å². The lowest BCUT2D eigenvalue weighted by Crippen LogP contribution is -2.49. The molecule has 1 amide bonds. The molecule has 1 fully saturated rings. The van der Waals surface area contributed by atoms with Gasteiger partial charge in [0.05, 0.1) is 5.69 Å². The van der Waals surface area contributed by atoms with E-state index in [0.717, 1.165) is 26.1 Å². The van der Waals surface area contributed by atoms with E-state index in [9.17, 15) is 4.79 Å². The summed E-state index contributed by atoms with van der Waals surface area (Å²) in [6.45, 7) is 8.45. The highest BCUT2D eigenvalue weighted by atomic mass is 79.9. The second-order valence-electron chi connectivity index (χ2n) is 8.10. The summed E-state index contributed by atoms with van der Waals surface area (Å²) in [5, 5.41) is 0. The molecule has 0 saturated carbocycles. The van der Waals surface area contributed by atoms with Crippen LogP contribution in [0, 0.1) is 0 Å². The van der Waals surface area contributed by atoms with Crippen molar-refractivity contribution in [3.8, 4) is 0 Å². The second kappa shape index (κ2) is 6.38. The maximum atomic E-state index is 12.5. The number of likely N-dealkylation sites (tertiary alicyclic amines) is 1. The van der Waals surface area contributed by atoms with Gasteiger partial charge in [0.2, 0.25) is 0 Å². The molecule has 0 spiro atoms. The van der Waals surface area contributed by atoms with E-state index in [1.807, 2.05) is 37.4 Å². The molecule has 0 unspecified atom stereocenters. The first-order chi connectivity index (χ1) is 11.8. The Bertz CT molecular complexity index is 703. The number of ether oxygens (including phenoxy) is 1. The number of carbonyl (C=O) groups excluding carboxylic acids is 1.